The van der Waals surface area contributed by atoms with Gasteiger partial charge in [-0.3, -0.25) is 4.79 Å². The van der Waals surface area contributed by atoms with E-state index >= 15 is 0 Å². The normalized spacial score (nSPS) is 24.8. The Labute approximate surface area is 184 Å². The number of allylic oxidation sites excluding steroid dienone is 2. The fourth-order valence-corrected chi connectivity index (χ4v) is 6.00. The van der Waals surface area contributed by atoms with E-state index in [4.69, 9.17) is 9.47 Å². The molecule has 1 aliphatic carbocycles. The maximum Gasteiger partial charge on any atom is 0.336 e. The molecule has 1 aromatic rings. The number of esters is 2. The van der Waals surface area contributed by atoms with E-state index in [1.54, 1.807) is 23.9 Å². The van der Waals surface area contributed by atoms with E-state index in [1.165, 1.54) is 14.2 Å². The summed E-state index contributed by atoms with van der Waals surface area (Å²) in [4.78, 5) is 38.7. The van der Waals surface area contributed by atoms with Crippen LogP contribution in [0.2, 0.25) is 0 Å². The van der Waals surface area contributed by atoms with Gasteiger partial charge in [0.1, 0.15) is 6.07 Å². The second-order valence-electron chi connectivity index (χ2n) is 7.82. The molecule has 8 heteroatoms. The molecule has 0 bridgehead atoms. The van der Waals surface area contributed by atoms with Crippen LogP contribution in [-0.2, 0) is 23.9 Å². The Hall–Kier alpha value is -3.05. The molecular weight excluding hydrogens is 416 g/mol. The third kappa shape index (κ3) is 3.43. The maximum absolute atomic E-state index is 13.0. The fraction of sp³-hybridized carbons (Fsp3) is 0.391. The third-order valence-corrected chi connectivity index (χ3v) is 7.44. The Morgan fingerprint density at radius 3 is 2.45 bits per heavy atom. The summed E-state index contributed by atoms with van der Waals surface area (Å²) in [5.74, 6) is -2.14. The van der Waals surface area contributed by atoms with Gasteiger partial charge < -0.3 is 14.8 Å². The lowest BCUT2D eigenvalue weighted by Gasteiger charge is -2.35. The van der Waals surface area contributed by atoms with Crippen LogP contribution in [0.1, 0.15) is 36.8 Å². The van der Waals surface area contributed by atoms with Crippen LogP contribution in [0.3, 0.4) is 0 Å². The number of aldehydes is 1. The lowest BCUT2D eigenvalue weighted by molar-refractivity contribution is -0.138. The molecule has 4 rings (SSSR count). The van der Waals surface area contributed by atoms with E-state index in [0.29, 0.717) is 23.1 Å². The summed E-state index contributed by atoms with van der Waals surface area (Å²) in [5, 5.41) is 12.5. The summed E-state index contributed by atoms with van der Waals surface area (Å²) in [6.45, 7) is 2.00. The van der Waals surface area contributed by atoms with Crippen LogP contribution in [0.4, 0.5) is 0 Å². The highest BCUT2D eigenvalue weighted by Gasteiger charge is 2.49. The number of nitrogens with one attached hydrogen (secondary N) is 1. The van der Waals surface area contributed by atoms with Gasteiger partial charge in [0, 0.05) is 27.7 Å². The molecule has 0 aromatic heterocycles. The third-order valence-electron chi connectivity index (χ3n) is 6.08. The van der Waals surface area contributed by atoms with Crippen molar-refractivity contribution in [2.45, 2.75) is 35.8 Å². The highest BCUT2D eigenvalue weighted by molar-refractivity contribution is 8.00. The predicted molar refractivity (Wildman–Crippen MR) is 113 cm³/mol. The molecule has 0 saturated heterocycles. The van der Waals surface area contributed by atoms with E-state index in [1.807, 2.05) is 13.0 Å². The molecule has 0 amide bonds. The second kappa shape index (κ2) is 8.23. The predicted octanol–water partition coefficient (Wildman–Crippen LogP) is 2.82. The number of carbonyl (C=O) groups excluding carboxylic acids is 3. The van der Waals surface area contributed by atoms with Crippen LogP contribution < -0.4 is 5.32 Å². The highest BCUT2D eigenvalue weighted by atomic mass is 32.2. The van der Waals surface area contributed by atoms with Crippen LogP contribution in [0, 0.1) is 23.2 Å². The monoisotopic (exact) mass is 438 g/mol. The largest absolute Gasteiger partial charge is 0.466 e. The topological polar surface area (TPSA) is 105 Å². The van der Waals surface area contributed by atoms with Gasteiger partial charge in [-0.25, -0.2) is 9.59 Å². The number of carbonyl (C=O) groups is 3. The molecule has 1 saturated carbocycles. The first kappa shape index (κ1) is 21.2. The van der Waals surface area contributed by atoms with E-state index in [0.717, 1.165) is 23.3 Å². The molecule has 7 nitrogen and oxygen atoms in total. The van der Waals surface area contributed by atoms with Crippen LogP contribution >= 0.6 is 11.8 Å². The minimum atomic E-state index is -0.727. The number of benzene rings is 1. The zero-order chi connectivity index (χ0) is 22.3. The SMILES string of the molecule is COC(=O)C1=C(C=O)NC(C2CC2)=C(C(=O)OC)C1C1c2cccc(C#N)c2SC1C. The van der Waals surface area contributed by atoms with Crippen molar-refractivity contribution in [2.75, 3.05) is 14.2 Å². The van der Waals surface area contributed by atoms with Crippen molar-refractivity contribution in [3.63, 3.8) is 0 Å². The second-order valence-corrected chi connectivity index (χ2v) is 9.20. The van der Waals surface area contributed by atoms with Gasteiger partial charge in [-0.15, -0.1) is 11.8 Å². The van der Waals surface area contributed by atoms with Gasteiger partial charge in [-0.1, -0.05) is 19.1 Å². The molecule has 1 aromatic carbocycles. The Balaban J connectivity index is 1.98. The number of hydrogen-bond acceptors (Lipinski definition) is 8. The Kier molecular flexibility index (Phi) is 5.63. The lowest BCUT2D eigenvalue weighted by atomic mass is 9.72. The summed E-state index contributed by atoms with van der Waals surface area (Å²) in [6, 6.07) is 7.69. The van der Waals surface area contributed by atoms with Crippen molar-refractivity contribution in [1.82, 2.24) is 5.32 Å². The first-order chi connectivity index (χ1) is 15.0. The van der Waals surface area contributed by atoms with Gasteiger partial charge in [-0.05, 0) is 30.4 Å². The van der Waals surface area contributed by atoms with Crippen molar-refractivity contribution in [2.24, 2.45) is 11.8 Å². The van der Waals surface area contributed by atoms with Gasteiger partial charge in [0.15, 0.2) is 6.29 Å². The van der Waals surface area contributed by atoms with E-state index in [2.05, 4.69) is 11.4 Å². The van der Waals surface area contributed by atoms with E-state index in [-0.39, 0.29) is 28.4 Å². The average molecular weight is 439 g/mol. The van der Waals surface area contributed by atoms with Gasteiger partial charge in [0.05, 0.1) is 36.6 Å². The number of hydrogen-bond donors (Lipinski definition) is 1. The fourth-order valence-electron chi connectivity index (χ4n) is 4.60. The van der Waals surface area contributed by atoms with Crippen molar-refractivity contribution in [3.05, 3.63) is 51.9 Å². The van der Waals surface area contributed by atoms with Crippen LogP contribution in [0.5, 0.6) is 0 Å². The summed E-state index contributed by atoms with van der Waals surface area (Å²) >= 11 is 1.54. The summed E-state index contributed by atoms with van der Waals surface area (Å²) in [6.07, 6.45) is 2.38. The number of nitriles is 1. The Bertz CT molecular complexity index is 1080. The Morgan fingerprint density at radius 1 is 1.19 bits per heavy atom. The summed E-state index contributed by atoms with van der Waals surface area (Å²) in [5.41, 5.74) is 2.68. The molecule has 31 heavy (non-hydrogen) atoms. The quantitative estimate of drug-likeness (QED) is 0.553. The number of fused-ring (bicyclic) bond motifs is 1. The minimum Gasteiger partial charge on any atom is -0.466 e. The van der Waals surface area contributed by atoms with Gasteiger partial charge in [-0.2, -0.15) is 5.26 Å². The number of thioether (sulfide) groups is 1. The molecule has 0 radical (unpaired) electrons. The summed E-state index contributed by atoms with van der Waals surface area (Å²) in [7, 11) is 2.56. The molecule has 1 fully saturated rings. The molecule has 2 heterocycles. The number of ether oxygens (including phenoxy) is 2. The van der Waals surface area contributed by atoms with Crippen molar-refractivity contribution in [3.8, 4) is 6.07 Å². The molecule has 3 atom stereocenters. The molecule has 2 aliphatic heterocycles. The van der Waals surface area contributed by atoms with Crippen LogP contribution in [0.15, 0.2) is 45.6 Å². The number of methoxy groups -OCH3 is 2. The lowest BCUT2D eigenvalue weighted by Crippen LogP contribution is -2.39. The number of nitrogens with zero attached hydrogens (tertiary/aromatic N) is 1. The minimum absolute atomic E-state index is 0.0553. The van der Waals surface area contributed by atoms with Gasteiger partial charge in [0.2, 0.25) is 0 Å². The maximum atomic E-state index is 13.0. The van der Waals surface area contributed by atoms with Gasteiger partial charge in [0.25, 0.3) is 0 Å². The average Bonchev–Trinajstić information content (AvgIpc) is 3.58. The smallest absolute Gasteiger partial charge is 0.336 e. The molecule has 1 N–H and O–H groups in total. The van der Waals surface area contributed by atoms with E-state index < -0.39 is 17.9 Å². The summed E-state index contributed by atoms with van der Waals surface area (Å²) < 4.78 is 10.2. The zero-order valence-corrected chi connectivity index (χ0v) is 18.2. The van der Waals surface area contributed by atoms with E-state index in [9.17, 15) is 19.6 Å². The molecular formula is C23H22N2O5S. The van der Waals surface area contributed by atoms with Crippen molar-refractivity contribution < 1.29 is 23.9 Å². The van der Waals surface area contributed by atoms with Crippen LogP contribution in [0.25, 0.3) is 0 Å². The highest BCUT2D eigenvalue weighted by Crippen LogP contribution is 2.55. The number of rotatable bonds is 5. The molecule has 3 aliphatic rings. The van der Waals surface area contributed by atoms with Crippen molar-refractivity contribution in [1.29, 1.82) is 5.26 Å². The number of dihydropyridines is 1. The Morgan fingerprint density at radius 2 is 1.87 bits per heavy atom. The molecule has 160 valence electrons. The standard InChI is InChI=1S/C23H22N2O5S/c1-11-16(14-6-4-5-13(9-24)21(14)31-11)18-17(22(27)29-2)15(10-26)25-20(12-7-8-12)19(18)23(28)30-3/h4-6,10-12,16,18,25H,7-8H2,1-3H3. The molecule has 3 unspecified atom stereocenters. The van der Waals surface area contributed by atoms with Gasteiger partial charge >= 0.3 is 11.9 Å². The van der Waals surface area contributed by atoms with Crippen LogP contribution in [-0.4, -0.2) is 37.7 Å². The van der Waals surface area contributed by atoms with Crippen molar-refractivity contribution >= 4 is 30.0 Å². The molecule has 0 spiro atoms. The first-order valence-corrected chi connectivity index (χ1v) is 10.9. The zero-order valence-electron chi connectivity index (χ0n) is 17.4. The first-order valence-electron chi connectivity index (χ1n) is 10.0.